The van der Waals surface area contributed by atoms with Crippen LogP contribution in [0.25, 0.3) is 10.8 Å². The molecule has 5 heteroatoms. The molecule has 0 N–H and O–H groups in total. The maximum atomic E-state index is 14.2. The zero-order chi connectivity index (χ0) is 16.6. The molecule has 3 aromatic rings. The van der Waals surface area contributed by atoms with Crippen molar-refractivity contribution in [1.82, 2.24) is 0 Å². The van der Waals surface area contributed by atoms with Gasteiger partial charge in [0.1, 0.15) is 0 Å². The molecule has 0 heterocycles. The van der Waals surface area contributed by atoms with Crippen LogP contribution in [-0.2, 0) is 6.42 Å². The molecule has 0 saturated heterocycles. The van der Waals surface area contributed by atoms with E-state index in [4.69, 9.17) is 16.3 Å². The second-order valence-electron chi connectivity index (χ2n) is 5.11. The van der Waals surface area contributed by atoms with Gasteiger partial charge in [-0.1, -0.05) is 57.9 Å². The van der Waals surface area contributed by atoms with Crippen LogP contribution in [-0.4, -0.2) is 7.11 Å². The highest BCUT2D eigenvalue weighted by molar-refractivity contribution is 9.10. The Labute approximate surface area is 146 Å². The lowest BCUT2D eigenvalue weighted by Gasteiger charge is -2.12. The predicted molar refractivity (Wildman–Crippen MR) is 92.4 cm³/mol. The van der Waals surface area contributed by atoms with Crippen LogP contribution in [0.1, 0.15) is 11.1 Å². The molecule has 0 aliphatic carbocycles. The van der Waals surface area contributed by atoms with Crippen molar-refractivity contribution in [2.24, 2.45) is 0 Å². The molecule has 0 aromatic heterocycles. The molecule has 0 bridgehead atoms. The van der Waals surface area contributed by atoms with Crippen LogP contribution in [0.2, 0.25) is 5.02 Å². The number of halogens is 4. The van der Waals surface area contributed by atoms with Gasteiger partial charge in [0, 0.05) is 16.3 Å². The molecule has 0 unspecified atom stereocenters. The fourth-order valence-electron chi connectivity index (χ4n) is 2.55. The highest BCUT2D eigenvalue weighted by Crippen LogP contribution is 2.35. The summed E-state index contributed by atoms with van der Waals surface area (Å²) >= 11 is 9.96. The van der Waals surface area contributed by atoms with Crippen molar-refractivity contribution in [2.45, 2.75) is 6.42 Å². The first-order valence-electron chi connectivity index (χ1n) is 6.89. The van der Waals surface area contributed by atoms with Gasteiger partial charge in [-0.3, -0.25) is 0 Å². The first-order chi connectivity index (χ1) is 11.0. The second kappa shape index (κ2) is 6.46. The van der Waals surface area contributed by atoms with Crippen LogP contribution in [0, 0.1) is 11.6 Å². The van der Waals surface area contributed by atoms with Gasteiger partial charge in [-0.2, -0.15) is 4.39 Å². The van der Waals surface area contributed by atoms with Gasteiger partial charge in [0.2, 0.25) is 5.82 Å². The van der Waals surface area contributed by atoms with E-state index in [9.17, 15) is 8.78 Å². The van der Waals surface area contributed by atoms with E-state index in [1.54, 1.807) is 0 Å². The van der Waals surface area contributed by atoms with E-state index in [-0.39, 0.29) is 17.7 Å². The van der Waals surface area contributed by atoms with Crippen LogP contribution in [0.4, 0.5) is 8.78 Å². The molecule has 0 radical (unpaired) electrons. The third-order valence-corrected chi connectivity index (χ3v) is 4.83. The van der Waals surface area contributed by atoms with Crippen LogP contribution >= 0.6 is 27.5 Å². The Morgan fingerprint density at radius 2 is 1.70 bits per heavy atom. The van der Waals surface area contributed by atoms with Gasteiger partial charge in [0.25, 0.3) is 0 Å². The summed E-state index contributed by atoms with van der Waals surface area (Å²) in [5.74, 6) is -2.01. The van der Waals surface area contributed by atoms with Gasteiger partial charge in [-0.15, -0.1) is 0 Å². The monoisotopic (exact) mass is 396 g/mol. The molecule has 3 rings (SSSR count). The van der Waals surface area contributed by atoms with Crippen molar-refractivity contribution in [2.75, 3.05) is 7.11 Å². The number of rotatable bonds is 3. The second-order valence-corrected chi connectivity index (χ2v) is 6.34. The molecule has 0 aliphatic rings. The average molecular weight is 398 g/mol. The summed E-state index contributed by atoms with van der Waals surface area (Å²) in [5.41, 5.74) is 0.952. The molecule has 0 saturated carbocycles. The van der Waals surface area contributed by atoms with Gasteiger partial charge in [0.15, 0.2) is 11.6 Å². The average Bonchev–Trinajstić information content (AvgIpc) is 2.57. The largest absolute Gasteiger partial charge is 0.494 e. The molecule has 0 atom stereocenters. The van der Waals surface area contributed by atoms with Crippen LogP contribution < -0.4 is 4.74 Å². The fourth-order valence-corrected chi connectivity index (χ4v) is 3.46. The van der Waals surface area contributed by atoms with Crippen molar-refractivity contribution in [3.63, 3.8) is 0 Å². The quantitative estimate of drug-likeness (QED) is 0.516. The number of fused-ring (bicyclic) bond motifs is 1. The minimum atomic E-state index is -0.985. The van der Waals surface area contributed by atoms with Gasteiger partial charge >= 0.3 is 0 Å². The predicted octanol–water partition coefficient (Wildman–Crippen LogP) is 6.13. The zero-order valence-electron chi connectivity index (χ0n) is 12.2. The van der Waals surface area contributed by atoms with Gasteiger partial charge in [0.05, 0.1) is 12.1 Å². The maximum Gasteiger partial charge on any atom is 0.200 e. The van der Waals surface area contributed by atoms with Gasteiger partial charge < -0.3 is 4.74 Å². The normalized spacial score (nSPS) is 11.0. The zero-order valence-corrected chi connectivity index (χ0v) is 14.5. The molecule has 1 nitrogen and oxygen atoms in total. The summed E-state index contributed by atoms with van der Waals surface area (Å²) in [4.78, 5) is 0. The van der Waals surface area contributed by atoms with Crippen molar-refractivity contribution >= 4 is 38.3 Å². The summed E-state index contributed by atoms with van der Waals surface area (Å²) in [6.07, 6.45) is 0.189. The van der Waals surface area contributed by atoms with Crippen molar-refractivity contribution in [3.05, 3.63) is 74.7 Å². The van der Waals surface area contributed by atoms with E-state index in [0.717, 1.165) is 20.8 Å². The minimum Gasteiger partial charge on any atom is -0.494 e. The van der Waals surface area contributed by atoms with Crippen LogP contribution in [0.5, 0.6) is 5.75 Å². The van der Waals surface area contributed by atoms with E-state index in [1.807, 2.05) is 30.3 Å². The number of benzene rings is 3. The lowest BCUT2D eigenvalue weighted by atomic mass is 10.0. The molecule has 23 heavy (non-hydrogen) atoms. The Morgan fingerprint density at radius 3 is 2.39 bits per heavy atom. The van der Waals surface area contributed by atoms with Crippen molar-refractivity contribution in [1.29, 1.82) is 0 Å². The Hall–Kier alpha value is -1.65. The third kappa shape index (κ3) is 2.93. The topological polar surface area (TPSA) is 9.23 Å². The Balaban J connectivity index is 2.09. The molecule has 0 aliphatic heterocycles. The molecule has 0 spiro atoms. The summed E-state index contributed by atoms with van der Waals surface area (Å²) in [5, 5.41) is 2.38. The third-order valence-electron chi connectivity index (χ3n) is 3.73. The molecule has 0 fully saturated rings. The summed E-state index contributed by atoms with van der Waals surface area (Å²) in [6, 6.07) is 12.4. The Morgan fingerprint density at radius 1 is 1.00 bits per heavy atom. The highest BCUT2D eigenvalue weighted by atomic mass is 79.9. The van der Waals surface area contributed by atoms with Gasteiger partial charge in [-0.25, -0.2) is 4.39 Å². The van der Waals surface area contributed by atoms with Crippen LogP contribution in [0.15, 0.2) is 46.9 Å². The van der Waals surface area contributed by atoms with Crippen molar-refractivity contribution < 1.29 is 13.5 Å². The summed E-state index contributed by atoms with van der Waals surface area (Å²) in [7, 11) is 1.30. The number of hydrogen-bond donors (Lipinski definition) is 0. The van der Waals surface area contributed by atoms with E-state index in [0.29, 0.717) is 5.02 Å². The van der Waals surface area contributed by atoms with E-state index >= 15 is 0 Å². The number of hydrogen-bond acceptors (Lipinski definition) is 1. The SMILES string of the molecule is COc1ccc(Cc2cc(Br)c3ccccc3c2Cl)c(F)c1F. The Bertz CT molecular complexity index is 896. The lowest BCUT2D eigenvalue weighted by Crippen LogP contribution is -2.00. The summed E-state index contributed by atoms with van der Waals surface area (Å²) < 4.78 is 33.7. The first-order valence-corrected chi connectivity index (χ1v) is 8.06. The summed E-state index contributed by atoms with van der Waals surface area (Å²) in [6.45, 7) is 0. The lowest BCUT2D eigenvalue weighted by molar-refractivity contribution is 0.370. The smallest absolute Gasteiger partial charge is 0.200 e. The van der Waals surface area contributed by atoms with Gasteiger partial charge in [-0.05, 0) is 28.6 Å². The molecule has 0 amide bonds. The highest BCUT2D eigenvalue weighted by Gasteiger charge is 2.16. The fraction of sp³-hybridized carbons (Fsp3) is 0.111. The maximum absolute atomic E-state index is 14.2. The van der Waals surface area contributed by atoms with E-state index < -0.39 is 11.6 Å². The molecular formula is C18H12BrClF2O. The molecule has 118 valence electrons. The first kappa shape index (κ1) is 16.2. The Kier molecular flexibility index (Phi) is 4.55. The standard InChI is InChI=1S/C18H12BrClF2O/c1-23-15-7-6-10(17(21)18(15)22)8-11-9-14(19)12-4-2-3-5-13(12)16(11)20/h2-7,9H,8H2,1H3. The minimum absolute atomic E-state index is 0.114. The van der Waals surface area contributed by atoms with E-state index in [2.05, 4.69) is 15.9 Å². The van der Waals surface area contributed by atoms with Crippen molar-refractivity contribution in [3.8, 4) is 5.75 Å². The van der Waals surface area contributed by atoms with E-state index in [1.165, 1.54) is 19.2 Å². The van der Waals surface area contributed by atoms with Crippen LogP contribution in [0.3, 0.4) is 0 Å². The molecular weight excluding hydrogens is 386 g/mol. The number of methoxy groups -OCH3 is 1. The number of ether oxygens (including phenoxy) is 1. The molecule has 3 aromatic carbocycles.